The summed E-state index contributed by atoms with van der Waals surface area (Å²) in [5.41, 5.74) is 7.08. The first kappa shape index (κ1) is 12.8. The molecule has 0 bridgehead atoms. The number of amides is 1. The van der Waals surface area contributed by atoms with E-state index in [2.05, 4.69) is 32.9 Å². The van der Waals surface area contributed by atoms with Gasteiger partial charge in [-0.25, -0.2) is 0 Å². The van der Waals surface area contributed by atoms with Crippen molar-refractivity contribution in [1.82, 2.24) is 0 Å². The highest BCUT2D eigenvalue weighted by atomic mass is 32.1. The highest BCUT2D eigenvalue weighted by Gasteiger charge is 2.16. The Morgan fingerprint density at radius 2 is 1.67 bits per heavy atom. The van der Waals surface area contributed by atoms with Crippen molar-refractivity contribution in [2.45, 2.75) is 26.2 Å². The minimum atomic E-state index is -0.386. The van der Waals surface area contributed by atoms with Gasteiger partial charge in [0.25, 0.3) is 0 Å². The highest BCUT2D eigenvalue weighted by Crippen LogP contribution is 2.34. The summed E-state index contributed by atoms with van der Waals surface area (Å²) in [6.07, 6.45) is 0. The van der Waals surface area contributed by atoms with Crippen LogP contribution in [0.15, 0.2) is 36.4 Å². The van der Waals surface area contributed by atoms with E-state index in [1.54, 1.807) is 23.5 Å². The van der Waals surface area contributed by atoms with Crippen molar-refractivity contribution >= 4 is 17.2 Å². The zero-order valence-electron chi connectivity index (χ0n) is 10.9. The van der Waals surface area contributed by atoms with Crippen LogP contribution >= 0.6 is 11.3 Å². The quantitative estimate of drug-likeness (QED) is 0.875. The summed E-state index contributed by atoms with van der Waals surface area (Å²) in [5, 5.41) is 0. The summed E-state index contributed by atoms with van der Waals surface area (Å²) in [7, 11) is 0. The molecule has 0 atom stereocenters. The molecule has 1 heterocycles. The number of hydrogen-bond donors (Lipinski definition) is 1. The number of carbonyl (C=O) groups is 1. The van der Waals surface area contributed by atoms with Crippen molar-refractivity contribution in [2.75, 3.05) is 0 Å². The zero-order valence-corrected chi connectivity index (χ0v) is 11.7. The van der Waals surface area contributed by atoms with Crippen LogP contribution in [0.25, 0.3) is 10.4 Å². The fourth-order valence-corrected chi connectivity index (χ4v) is 2.76. The molecule has 0 radical (unpaired) electrons. The van der Waals surface area contributed by atoms with Crippen LogP contribution in [0.2, 0.25) is 0 Å². The minimum absolute atomic E-state index is 0.177. The summed E-state index contributed by atoms with van der Waals surface area (Å²) in [5.74, 6) is -0.386. The molecule has 1 amide bonds. The fourth-order valence-electron chi connectivity index (χ4n) is 1.69. The second-order valence-corrected chi connectivity index (χ2v) is 6.44. The van der Waals surface area contributed by atoms with E-state index in [4.69, 9.17) is 5.73 Å². The van der Waals surface area contributed by atoms with Crippen molar-refractivity contribution in [3.05, 3.63) is 46.8 Å². The van der Waals surface area contributed by atoms with E-state index in [1.807, 2.05) is 12.1 Å². The molecule has 2 N–H and O–H groups in total. The topological polar surface area (TPSA) is 43.1 Å². The van der Waals surface area contributed by atoms with Gasteiger partial charge in [0.05, 0.1) is 0 Å². The third kappa shape index (κ3) is 2.62. The molecular weight excluding hydrogens is 242 g/mol. The Bertz CT molecular complexity index is 561. The lowest BCUT2D eigenvalue weighted by Gasteiger charge is -2.15. The Kier molecular flexibility index (Phi) is 3.26. The van der Waals surface area contributed by atoms with Gasteiger partial charge in [0.1, 0.15) is 0 Å². The van der Waals surface area contributed by atoms with Crippen LogP contribution in [-0.4, -0.2) is 5.91 Å². The molecule has 0 fully saturated rings. The number of benzene rings is 1. The molecule has 94 valence electrons. The average molecular weight is 259 g/mol. The van der Waals surface area contributed by atoms with Gasteiger partial charge in [-0.1, -0.05) is 32.9 Å². The molecule has 1 aromatic carbocycles. The van der Waals surface area contributed by atoms with Crippen LogP contribution in [0.3, 0.4) is 0 Å². The van der Waals surface area contributed by atoms with Crippen molar-refractivity contribution in [1.29, 1.82) is 0 Å². The van der Waals surface area contributed by atoms with E-state index in [0.717, 1.165) is 5.56 Å². The maximum absolute atomic E-state index is 11.0. The van der Waals surface area contributed by atoms with Crippen LogP contribution < -0.4 is 5.73 Å². The molecule has 0 saturated carbocycles. The Labute approximate surface area is 111 Å². The molecule has 0 unspecified atom stereocenters. The van der Waals surface area contributed by atoms with Crippen molar-refractivity contribution < 1.29 is 4.79 Å². The van der Waals surface area contributed by atoms with Crippen LogP contribution in [0.4, 0.5) is 0 Å². The maximum Gasteiger partial charge on any atom is 0.248 e. The number of thiophene rings is 1. The van der Waals surface area contributed by atoms with E-state index >= 15 is 0 Å². The lowest BCUT2D eigenvalue weighted by atomic mass is 9.95. The number of nitrogens with two attached hydrogens (primary N) is 1. The lowest BCUT2D eigenvalue weighted by molar-refractivity contribution is 0.100. The number of carbonyl (C=O) groups excluding carboxylic acids is 1. The van der Waals surface area contributed by atoms with Gasteiger partial charge in [-0.3, -0.25) is 4.79 Å². The van der Waals surface area contributed by atoms with Crippen LogP contribution in [-0.2, 0) is 5.41 Å². The third-order valence-corrected chi connectivity index (χ3v) is 4.36. The van der Waals surface area contributed by atoms with Crippen molar-refractivity contribution in [3.63, 3.8) is 0 Å². The summed E-state index contributed by atoms with van der Waals surface area (Å²) in [4.78, 5) is 13.6. The van der Waals surface area contributed by atoms with E-state index < -0.39 is 0 Å². The van der Waals surface area contributed by atoms with E-state index in [1.165, 1.54) is 9.75 Å². The number of hydrogen-bond acceptors (Lipinski definition) is 2. The summed E-state index contributed by atoms with van der Waals surface area (Å²) in [6.45, 7) is 6.62. The van der Waals surface area contributed by atoms with Gasteiger partial charge < -0.3 is 5.73 Å². The van der Waals surface area contributed by atoms with Gasteiger partial charge >= 0.3 is 0 Å². The van der Waals surface area contributed by atoms with E-state index in [9.17, 15) is 4.79 Å². The Morgan fingerprint density at radius 3 is 2.11 bits per heavy atom. The molecule has 18 heavy (non-hydrogen) atoms. The Morgan fingerprint density at radius 1 is 1.06 bits per heavy atom. The minimum Gasteiger partial charge on any atom is -0.366 e. The standard InChI is InChI=1S/C15H17NOS/c1-15(2,3)13-9-8-12(18-13)10-4-6-11(7-5-10)14(16)17/h4-9H,1-3H3,(H2,16,17). The van der Waals surface area contributed by atoms with Gasteiger partial charge in [-0.2, -0.15) is 0 Å². The van der Waals surface area contributed by atoms with Gasteiger partial charge in [0.15, 0.2) is 0 Å². The van der Waals surface area contributed by atoms with Crippen molar-refractivity contribution in [2.24, 2.45) is 5.73 Å². The second kappa shape index (κ2) is 4.58. The Balaban J connectivity index is 2.32. The molecular formula is C15H17NOS. The molecule has 2 nitrogen and oxygen atoms in total. The first-order valence-corrected chi connectivity index (χ1v) is 6.70. The molecule has 0 aliphatic rings. The van der Waals surface area contributed by atoms with Gasteiger partial charge in [0, 0.05) is 15.3 Å². The molecule has 0 aliphatic carbocycles. The SMILES string of the molecule is CC(C)(C)c1ccc(-c2ccc(C(N)=O)cc2)s1. The number of rotatable bonds is 2. The van der Waals surface area contributed by atoms with Crippen molar-refractivity contribution in [3.8, 4) is 10.4 Å². The first-order chi connectivity index (χ1) is 8.38. The molecule has 0 saturated heterocycles. The van der Waals surface area contributed by atoms with E-state index in [0.29, 0.717) is 5.56 Å². The van der Waals surface area contributed by atoms with Gasteiger partial charge in [-0.05, 0) is 35.2 Å². The predicted molar refractivity (Wildman–Crippen MR) is 77.0 cm³/mol. The molecule has 0 aliphatic heterocycles. The molecule has 2 aromatic rings. The normalized spacial score (nSPS) is 11.5. The van der Waals surface area contributed by atoms with Crippen LogP contribution in [0.1, 0.15) is 36.0 Å². The Hall–Kier alpha value is -1.61. The third-order valence-electron chi connectivity index (χ3n) is 2.80. The summed E-state index contributed by atoms with van der Waals surface area (Å²) >= 11 is 1.79. The molecule has 1 aromatic heterocycles. The van der Waals surface area contributed by atoms with Crippen LogP contribution in [0.5, 0.6) is 0 Å². The van der Waals surface area contributed by atoms with E-state index in [-0.39, 0.29) is 11.3 Å². The first-order valence-electron chi connectivity index (χ1n) is 5.88. The fraction of sp³-hybridized carbons (Fsp3) is 0.267. The largest absolute Gasteiger partial charge is 0.366 e. The number of primary amides is 1. The summed E-state index contributed by atoms with van der Waals surface area (Å²) in [6, 6.07) is 11.7. The monoisotopic (exact) mass is 259 g/mol. The predicted octanol–water partition coefficient (Wildman–Crippen LogP) is 3.81. The molecule has 2 rings (SSSR count). The lowest BCUT2D eigenvalue weighted by Crippen LogP contribution is -2.10. The van der Waals surface area contributed by atoms with Gasteiger partial charge in [0.2, 0.25) is 5.91 Å². The maximum atomic E-state index is 11.0. The molecule has 3 heteroatoms. The molecule has 0 spiro atoms. The summed E-state index contributed by atoms with van der Waals surface area (Å²) < 4.78 is 0. The average Bonchev–Trinajstić information content (AvgIpc) is 2.78. The smallest absolute Gasteiger partial charge is 0.248 e. The zero-order chi connectivity index (χ0) is 13.3. The van der Waals surface area contributed by atoms with Gasteiger partial charge in [-0.15, -0.1) is 11.3 Å². The highest BCUT2D eigenvalue weighted by molar-refractivity contribution is 7.15. The van der Waals surface area contributed by atoms with Crippen LogP contribution in [0, 0.1) is 0 Å². The second-order valence-electron chi connectivity index (χ2n) is 5.36.